The molecule has 0 aromatic heterocycles. The number of nitrogens with one attached hydrogen (secondary N) is 2. The van der Waals surface area contributed by atoms with E-state index in [0.717, 1.165) is 0 Å². The van der Waals surface area contributed by atoms with Crippen molar-refractivity contribution in [2.45, 2.75) is 4.90 Å². The van der Waals surface area contributed by atoms with Gasteiger partial charge in [-0.25, -0.2) is 8.42 Å². The summed E-state index contributed by atoms with van der Waals surface area (Å²) in [4.78, 5) is 0.196. The standard InChI is InChI=1S/C17H17Cl2N3O3S2/c18-12-4-5-16(15(19)10-12)21-17(26)20-13-2-1-3-14(11-13)27(23,24)22-6-8-25-9-7-22/h1-5,10-11H,6-9H2,(H2,20,21,26). The molecule has 1 aliphatic heterocycles. The number of morpholine rings is 1. The molecule has 2 N–H and O–H groups in total. The molecule has 0 spiro atoms. The van der Waals surface area contributed by atoms with Gasteiger partial charge in [0.15, 0.2) is 5.11 Å². The van der Waals surface area contributed by atoms with Crippen LogP contribution in [0.5, 0.6) is 0 Å². The van der Waals surface area contributed by atoms with Crippen LogP contribution in [0.1, 0.15) is 0 Å². The highest BCUT2D eigenvalue weighted by molar-refractivity contribution is 7.89. The number of hydrogen-bond donors (Lipinski definition) is 2. The van der Waals surface area contributed by atoms with Gasteiger partial charge in [0.1, 0.15) is 0 Å². The molecule has 6 nitrogen and oxygen atoms in total. The average molecular weight is 446 g/mol. The molecule has 0 radical (unpaired) electrons. The van der Waals surface area contributed by atoms with Gasteiger partial charge in [0.2, 0.25) is 10.0 Å². The average Bonchev–Trinajstić information content (AvgIpc) is 2.65. The van der Waals surface area contributed by atoms with Crippen molar-refractivity contribution in [2.75, 3.05) is 36.9 Å². The summed E-state index contributed by atoms with van der Waals surface area (Å²) in [7, 11) is -3.58. The highest BCUT2D eigenvalue weighted by atomic mass is 35.5. The minimum absolute atomic E-state index is 0.196. The molecular weight excluding hydrogens is 429 g/mol. The Hall–Kier alpha value is -1.42. The van der Waals surface area contributed by atoms with E-state index >= 15 is 0 Å². The summed E-state index contributed by atoms with van der Waals surface area (Å²) in [6.07, 6.45) is 0. The Kier molecular flexibility index (Phi) is 6.56. The zero-order chi connectivity index (χ0) is 19.4. The molecule has 0 bridgehead atoms. The molecule has 10 heteroatoms. The molecule has 144 valence electrons. The number of rotatable bonds is 4. The third-order valence-corrected chi connectivity index (χ3v) is 6.53. The normalized spacial score (nSPS) is 15.3. The summed E-state index contributed by atoms with van der Waals surface area (Å²) in [6, 6.07) is 11.5. The van der Waals surface area contributed by atoms with Crippen LogP contribution in [0.25, 0.3) is 0 Å². The van der Waals surface area contributed by atoms with Crippen LogP contribution in [0.15, 0.2) is 47.4 Å². The number of benzene rings is 2. The van der Waals surface area contributed by atoms with E-state index in [0.29, 0.717) is 47.7 Å². The van der Waals surface area contributed by atoms with Gasteiger partial charge >= 0.3 is 0 Å². The highest BCUT2D eigenvalue weighted by Gasteiger charge is 2.26. The number of thiocarbonyl (C=S) groups is 1. The van der Waals surface area contributed by atoms with Crippen molar-refractivity contribution in [3.05, 3.63) is 52.5 Å². The van der Waals surface area contributed by atoms with Crippen molar-refractivity contribution in [1.29, 1.82) is 0 Å². The van der Waals surface area contributed by atoms with Crippen LogP contribution < -0.4 is 10.6 Å². The van der Waals surface area contributed by atoms with Crippen molar-refractivity contribution < 1.29 is 13.2 Å². The molecule has 1 fully saturated rings. The fourth-order valence-corrected chi connectivity index (χ4v) is 4.68. The first-order chi connectivity index (χ1) is 12.9. The number of nitrogens with zero attached hydrogens (tertiary/aromatic N) is 1. The molecule has 0 aliphatic carbocycles. The summed E-state index contributed by atoms with van der Waals surface area (Å²) in [5, 5.41) is 7.15. The van der Waals surface area contributed by atoms with Gasteiger partial charge in [0, 0.05) is 23.8 Å². The van der Waals surface area contributed by atoms with Crippen LogP contribution >= 0.6 is 35.4 Å². The smallest absolute Gasteiger partial charge is 0.243 e. The first-order valence-electron chi connectivity index (χ1n) is 8.07. The second-order valence-corrected chi connectivity index (χ2v) is 8.94. The van der Waals surface area contributed by atoms with E-state index in [1.807, 2.05) is 0 Å². The highest BCUT2D eigenvalue weighted by Crippen LogP contribution is 2.26. The molecule has 2 aromatic carbocycles. The maximum absolute atomic E-state index is 12.8. The molecular formula is C17H17Cl2N3O3S2. The molecule has 3 rings (SSSR count). The van der Waals surface area contributed by atoms with Gasteiger partial charge in [0.25, 0.3) is 0 Å². The van der Waals surface area contributed by atoms with E-state index in [1.165, 1.54) is 4.31 Å². The summed E-state index contributed by atoms with van der Waals surface area (Å²) in [5.74, 6) is 0. The maximum Gasteiger partial charge on any atom is 0.243 e. The summed E-state index contributed by atoms with van der Waals surface area (Å²) >= 11 is 17.3. The van der Waals surface area contributed by atoms with E-state index in [-0.39, 0.29) is 10.0 Å². The first kappa shape index (κ1) is 20.3. The van der Waals surface area contributed by atoms with Gasteiger partial charge in [-0.1, -0.05) is 29.3 Å². The molecule has 0 saturated carbocycles. The van der Waals surface area contributed by atoms with Gasteiger partial charge in [0.05, 0.1) is 28.8 Å². The van der Waals surface area contributed by atoms with Crippen LogP contribution in [0.3, 0.4) is 0 Å². The Morgan fingerprint density at radius 1 is 1.07 bits per heavy atom. The fraction of sp³-hybridized carbons (Fsp3) is 0.235. The van der Waals surface area contributed by atoms with Crippen LogP contribution in [0.4, 0.5) is 11.4 Å². The monoisotopic (exact) mass is 445 g/mol. The molecule has 0 amide bonds. The Morgan fingerprint density at radius 2 is 1.81 bits per heavy atom. The summed E-state index contributed by atoms with van der Waals surface area (Å²) in [6.45, 7) is 1.48. The predicted molar refractivity (Wildman–Crippen MR) is 112 cm³/mol. The molecule has 2 aromatic rings. The number of ether oxygens (including phenoxy) is 1. The largest absolute Gasteiger partial charge is 0.379 e. The fourth-order valence-electron chi connectivity index (χ4n) is 2.55. The van der Waals surface area contributed by atoms with E-state index in [2.05, 4.69) is 10.6 Å². The zero-order valence-electron chi connectivity index (χ0n) is 14.1. The number of sulfonamides is 1. The van der Waals surface area contributed by atoms with Gasteiger partial charge in [-0.2, -0.15) is 4.31 Å². The second-order valence-electron chi connectivity index (χ2n) is 5.75. The van der Waals surface area contributed by atoms with Gasteiger partial charge in [-0.3, -0.25) is 0 Å². The van der Waals surface area contributed by atoms with Crippen molar-refractivity contribution in [1.82, 2.24) is 4.31 Å². The Morgan fingerprint density at radius 3 is 2.52 bits per heavy atom. The molecule has 0 atom stereocenters. The van der Waals surface area contributed by atoms with Crippen molar-refractivity contribution in [3.63, 3.8) is 0 Å². The number of halogens is 2. The van der Waals surface area contributed by atoms with E-state index in [1.54, 1.807) is 42.5 Å². The minimum Gasteiger partial charge on any atom is -0.379 e. The summed E-state index contributed by atoms with van der Waals surface area (Å²) < 4.78 is 32.1. The van der Waals surface area contributed by atoms with E-state index < -0.39 is 10.0 Å². The molecule has 1 heterocycles. The Balaban J connectivity index is 1.72. The van der Waals surface area contributed by atoms with Gasteiger partial charge in [-0.05, 0) is 48.6 Å². The van der Waals surface area contributed by atoms with E-state index in [9.17, 15) is 8.42 Å². The quantitative estimate of drug-likeness (QED) is 0.696. The topological polar surface area (TPSA) is 70.7 Å². The maximum atomic E-state index is 12.8. The van der Waals surface area contributed by atoms with Crippen LogP contribution in [-0.4, -0.2) is 44.1 Å². The SMILES string of the molecule is O=S(=O)(c1cccc(NC(=S)Nc2ccc(Cl)cc2Cl)c1)N1CCOCC1. The Labute approximate surface area is 173 Å². The molecule has 0 unspecified atom stereocenters. The lowest BCUT2D eigenvalue weighted by Crippen LogP contribution is -2.40. The number of anilines is 2. The second kappa shape index (κ2) is 8.72. The van der Waals surface area contributed by atoms with Gasteiger partial charge < -0.3 is 15.4 Å². The molecule has 1 saturated heterocycles. The van der Waals surface area contributed by atoms with Crippen LogP contribution in [-0.2, 0) is 14.8 Å². The third kappa shape index (κ3) is 5.10. The number of hydrogen-bond acceptors (Lipinski definition) is 4. The third-order valence-electron chi connectivity index (χ3n) is 3.88. The van der Waals surface area contributed by atoms with Crippen LogP contribution in [0, 0.1) is 0 Å². The van der Waals surface area contributed by atoms with Crippen LogP contribution in [0.2, 0.25) is 10.0 Å². The molecule has 1 aliphatic rings. The van der Waals surface area contributed by atoms with Crippen molar-refractivity contribution in [3.8, 4) is 0 Å². The van der Waals surface area contributed by atoms with Gasteiger partial charge in [-0.15, -0.1) is 0 Å². The summed E-state index contributed by atoms with van der Waals surface area (Å²) in [5.41, 5.74) is 1.14. The minimum atomic E-state index is -3.58. The lowest BCUT2D eigenvalue weighted by molar-refractivity contribution is 0.0730. The van der Waals surface area contributed by atoms with Crippen molar-refractivity contribution in [2.24, 2.45) is 0 Å². The molecule has 27 heavy (non-hydrogen) atoms. The zero-order valence-corrected chi connectivity index (χ0v) is 17.3. The Bertz CT molecular complexity index is 948. The van der Waals surface area contributed by atoms with E-state index in [4.69, 9.17) is 40.2 Å². The lowest BCUT2D eigenvalue weighted by atomic mass is 10.3. The van der Waals surface area contributed by atoms with Crippen molar-refractivity contribution >= 4 is 61.9 Å². The first-order valence-corrected chi connectivity index (χ1v) is 10.7. The predicted octanol–water partition coefficient (Wildman–Crippen LogP) is 3.82. The lowest BCUT2D eigenvalue weighted by Gasteiger charge is -2.26.